The Bertz CT molecular complexity index is 725. The summed E-state index contributed by atoms with van der Waals surface area (Å²) >= 11 is 5.81. The van der Waals surface area contributed by atoms with E-state index in [2.05, 4.69) is 20.7 Å². The van der Waals surface area contributed by atoms with Crippen LogP contribution in [0.4, 0.5) is 5.69 Å². The molecule has 0 saturated heterocycles. The maximum Gasteiger partial charge on any atom is 0.285 e. The molecule has 104 valence electrons. The van der Waals surface area contributed by atoms with Crippen LogP contribution in [-0.4, -0.2) is 21.0 Å². The molecule has 3 N–H and O–H groups in total. The number of halogens is 1. The van der Waals surface area contributed by atoms with Gasteiger partial charge in [-0.3, -0.25) is 10.2 Å². The molecule has 1 heterocycles. The Balaban J connectivity index is 2.29. The third-order valence-corrected chi connectivity index (χ3v) is 3.06. The molecule has 2 rings (SSSR count). The molecule has 0 amide bonds. The van der Waals surface area contributed by atoms with E-state index in [0.29, 0.717) is 17.0 Å². The molecule has 6 nitrogen and oxygen atoms in total. The van der Waals surface area contributed by atoms with Crippen molar-refractivity contribution in [3.05, 3.63) is 50.9 Å². The number of hydrogen-bond acceptors (Lipinski definition) is 5. The van der Waals surface area contributed by atoms with Crippen molar-refractivity contribution in [1.29, 1.82) is 0 Å². The van der Waals surface area contributed by atoms with E-state index in [9.17, 15) is 9.90 Å². The van der Waals surface area contributed by atoms with Crippen LogP contribution < -0.4 is 11.0 Å². The highest BCUT2D eigenvalue weighted by molar-refractivity contribution is 6.32. The molecular weight excluding hydrogens is 280 g/mol. The van der Waals surface area contributed by atoms with Gasteiger partial charge in [-0.1, -0.05) is 23.2 Å². The minimum Gasteiger partial charge on any atom is -0.507 e. The number of aryl methyl sites for hydroxylation is 1. The average molecular weight is 293 g/mol. The van der Waals surface area contributed by atoms with Crippen molar-refractivity contribution in [2.75, 3.05) is 5.43 Å². The Morgan fingerprint density at radius 1 is 1.50 bits per heavy atom. The molecule has 0 aliphatic rings. The number of phenolic OH excluding ortho intramolecular Hbond substituents is 1. The normalized spacial score (nSPS) is 11.4. The van der Waals surface area contributed by atoms with Crippen molar-refractivity contribution in [2.45, 2.75) is 13.8 Å². The maximum atomic E-state index is 11.3. The second kappa shape index (κ2) is 5.75. The highest BCUT2D eigenvalue weighted by Crippen LogP contribution is 2.20. The van der Waals surface area contributed by atoms with E-state index >= 15 is 0 Å². The van der Waals surface area contributed by atoms with E-state index in [1.54, 1.807) is 19.1 Å². The monoisotopic (exact) mass is 292 g/mol. The summed E-state index contributed by atoms with van der Waals surface area (Å²) in [5, 5.41) is 19.7. The lowest BCUT2D eigenvalue weighted by Crippen LogP contribution is -2.10. The lowest BCUT2D eigenvalue weighted by atomic mass is 10.1. The van der Waals surface area contributed by atoms with Gasteiger partial charge >= 0.3 is 0 Å². The number of H-pyrrole nitrogens is 1. The SMILES string of the molecule is CC(=NNc1cn[nH]c(=O)c1Cl)c1cc(C)ccc1O. The van der Waals surface area contributed by atoms with Gasteiger partial charge in [-0.25, -0.2) is 5.10 Å². The lowest BCUT2D eigenvalue weighted by molar-refractivity contribution is 0.474. The molecule has 7 heteroatoms. The summed E-state index contributed by atoms with van der Waals surface area (Å²) in [6.07, 6.45) is 1.36. The van der Waals surface area contributed by atoms with Crippen molar-refractivity contribution >= 4 is 23.0 Å². The van der Waals surface area contributed by atoms with Gasteiger partial charge in [0.15, 0.2) is 0 Å². The number of aromatic nitrogens is 2. The quantitative estimate of drug-likeness (QED) is 0.598. The molecule has 1 aromatic carbocycles. The summed E-state index contributed by atoms with van der Waals surface area (Å²) in [4.78, 5) is 11.3. The molecule has 2 aromatic rings. The maximum absolute atomic E-state index is 11.3. The average Bonchev–Trinajstić information content (AvgIpc) is 2.43. The molecule has 1 aromatic heterocycles. The molecule has 0 fully saturated rings. The Hall–Kier alpha value is -2.34. The number of hydrazone groups is 1. The largest absolute Gasteiger partial charge is 0.507 e. The van der Waals surface area contributed by atoms with E-state index in [-0.39, 0.29) is 10.8 Å². The number of phenols is 1. The van der Waals surface area contributed by atoms with Gasteiger partial charge in [0.2, 0.25) is 0 Å². The summed E-state index contributed by atoms with van der Waals surface area (Å²) in [5.74, 6) is 0.133. The van der Waals surface area contributed by atoms with Gasteiger partial charge in [0, 0.05) is 5.56 Å². The molecule has 0 unspecified atom stereocenters. The van der Waals surface area contributed by atoms with Crippen LogP contribution in [0.2, 0.25) is 5.02 Å². The van der Waals surface area contributed by atoms with Crippen LogP contribution >= 0.6 is 11.6 Å². The fourth-order valence-electron chi connectivity index (χ4n) is 1.61. The van der Waals surface area contributed by atoms with Crippen LogP contribution in [0.15, 0.2) is 34.3 Å². The second-order valence-corrected chi connectivity index (χ2v) is 4.63. The minimum absolute atomic E-state index is 0.0231. The number of anilines is 1. The topological polar surface area (TPSA) is 90.4 Å². The zero-order chi connectivity index (χ0) is 14.7. The van der Waals surface area contributed by atoms with Crippen LogP contribution in [0.5, 0.6) is 5.75 Å². The van der Waals surface area contributed by atoms with Gasteiger partial charge in [0.05, 0.1) is 11.9 Å². The molecule has 0 radical (unpaired) electrons. The Morgan fingerprint density at radius 2 is 2.25 bits per heavy atom. The Morgan fingerprint density at radius 3 is 3.00 bits per heavy atom. The van der Waals surface area contributed by atoms with Crippen molar-refractivity contribution < 1.29 is 5.11 Å². The molecule has 0 saturated carbocycles. The van der Waals surface area contributed by atoms with Crippen LogP contribution in [-0.2, 0) is 0 Å². The van der Waals surface area contributed by atoms with Gasteiger partial charge in [0.25, 0.3) is 5.56 Å². The first-order chi connectivity index (χ1) is 9.49. The predicted octanol–water partition coefficient (Wildman–Crippen LogP) is 2.27. The first kappa shape index (κ1) is 14.1. The van der Waals surface area contributed by atoms with E-state index in [0.717, 1.165) is 5.56 Å². The summed E-state index contributed by atoms with van der Waals surface area (Å²) in [7, 11) is 0. The molecule has 0 aliphatic carbocycles. The fourth-order valence-corrected chi connectivity index (χ4v) is 1.74. The number of hydrogen-bond donors (Lipinski definition) is 3. The first-order valence-corrected chi connectivity index (χ1v) is 6.20. The lowest BCUT2D eigenvalue weighted by Gasteiger charge is -2.07. The molecule has 0 aliphatic heterocycles. The number of benzene rings is 1. The van der Waals surface area contributed by atoms with Gasteiger partial charge < -0.3 is 5.11 Å². The predicted molar refractivity (Wildman–Crippen MR) is 78.5 cm³/mol. The van der Waals surface area contributed by atoms with Gasteiger partial charge in [0.1, 0.15) is 16.5 Å². The van der Waals surface area contributed by atoms with Crippen molar-refractivity contribution in [1.82, 2.24) is 10.2 Å². The van der Waals surface area contributed by atoms with E-state index in [1.165, 1.54) is 6.20 Å². The third-order valence-electron chi connectivity index (χ3n) is 2.68. The zero-order valence-electron chi connectivity index (χ0n) is 10.9. The molecule has 0 spiro atoms. The van der Waals surface area contributed by atoms with E-state index in [1.807, 2.05) is 13.0 Å². The summed E-state index contributed by atoms with van der Waals surface area (Å²) in [6.45, 7) is 3.65. The van der Waals surface area contributed by atoms with Crippen molar-refractivity contribution in [2.24, 2.45) is 5.10 Å². The summed E-state index contributed by atoms with van der Waals surface area (Å²) in [5.41, 5.74) is 4.62. The highest BCUT2D eigenvalue weighted by atomic mass is 35.5. The zero-order valence-corrected chi connectivity index (χ0v) is 11.7. The van der Waals surface area contributed by atoms with E-state index < -0.39 is 5.56 Å². The van der Waals surface area contributed by atoms with Crippen LogP contribution in [0.25, 0.3) is 0 Å². The Kier molecular flexibility index (Phi) is 4.05. The number of aromatic amines is 1. The molecule has 0 atom stereocenters. The standard InChI is InChI=1S/C13H13ClN4O2/c1-7-3-4-11(19)9(5-7)8(2)16-17-10-6-15-18-13(20)12(10)14/h3-6,19H,1-2H3,(H2,17,18,20). The number of aromatic hydroxyl groups is 1. The molecule has 0 bridgehead atoms. The van der Waals surface area contributed by atoms with E-state index in [4.69, 9.17) is 11.6 Å². The highest BCUT2D eigenvalue weighted by Gasteiger charge is 2.07. The van der Waals surface area contributed by atoms with Gasteiger partial charge in [-0.2, -0.15) is 10.2 Å². The summed E-state index contributed by atoms with van der Waals surface area (Å²) < 4.78 is 0. The van der Waals surface area contributed by atoms with Gasteiger partial charge in [-0.15, -0.1) is 0 Å². The Labute approximate surface area is 120 Å². The smallest absolute Gasteiger partial charge is 0.285 e. The van der Waals surface area contributed by atoms with Crippen LogP contribution in [0.3, 0.4) is 0 Å². The van der Waals surface area contributed by atoms with Gasteiger partial charge in [-0.05, 0) is 26.0 Å². The number of rotatable bonds is 3. The minimum atomic E-state index is -0.497. The van der Waals surface area contributed by atoms with Crippen molar-refractivity contribution in [3.63, 3.8) is 0 Å². The second-order valence-electron chi connectivity index (χ2n) is 4.26. The fraction of sp³-hybridized carbons (Fsp3) is 0.154. The van der Waals surface area contributed by atoms with Crippen LogP contribution in [0.1, 0.15) is 18.1 Å². The number of nitrogens with one attached hydrogen (secondary N) is 2. The molecule has 20 heavy (non-hydrogen) atoms. The van der Waals surface area contributed by atoms with Crippen molar-refractivity contribution in [3.8, 4) is 5.75 Å². The third kappa shape index (κ3) is 2.97. The number of nitrogens with zero attached hydrogens (tertiary/aromatic N) is 2. The van der Waals surface area contributed by atoms with Crippen LogP contribution in [0, 0.1) is 6.92 Å². The summed E-state index contributed by atoms with van der Waals surface area (Å²) in [6, 6.07) is 5.22. The molecular formula is C13H13ClN4O2. The first-order valence-electron chi connectivity index (χ1n) is 5.82.